The minimum Gasteiger partial charge on any atom is -0.384 e. The second kappa shape index (κ2) is 7.13. The van der Waals surface area contributed by atoms with E-state index in [9.17, 15) is 4.79 Å². The number of hydrogen-bond donors (Lipinski definition) is 0. The molecule has 1 aromatic heterocycles. The number of rotatable bonds is 6. The van der Waals surface area contributed by atoms with E-state index in [0.29, 0.717) is 44.3 Å². The molecule has 0 unspecified atom stereocenters. The summed E-state index contributed by atoms with van der Waals surface area (Å²) in [6.45, 7) is 3.80. The Bertz CT molecular complexity index is 686. The number of amides is 1. The summed E-state index contributed by atoms with van der Waals surface area (Å²) in [5.74, 6) is 1.24. The smallest absolute Gasteiger partial charge is 0.229 e. The Morgan fingerprint density at radius 1 is 1.33 bits per heavy atom. The first-order chi connectivity index (χ1) is 11.6. The molecule has 2 heterocycles. The first-order valence-corrected chi connectivity index (χ1v) is 8.24. The van der Waals surface area contributed by atoms with Crippen LogP contribution in [0, 0.1) is 0 Å². The number of hydrogen-bond acceptors (Lipinski definition) is 5. The lowest BCUT2D eigenvalue weighted by molar-refractivity contribution is -0.136. The molecular weight excluding hydrogens is 306 g/mol. The predicted octanol–water partition coefficient (Wildman–Crippen LogP) is 2.34. The number of methoxy groups -OCH3 is 1. The van der Waals surface area contributed by atoms with Crippen molar-refractivity contribution in [3.8, 4) is 0 Å². The van der Waals surface area contributed by atoms with Gasteiger partial charge in [-0.1, -0.05) is 42.4 Å². The molecule has 1 atom stereocenters. The molecule has 1 aliphatic rings. The number of ether oxygens (including phenoxy) is 1. The van der Waals surface area contributed by atoms with Crippen LogP contribution in [-0.2, 0) is 27.9 Å². The van der Waals surface area contributed by atoms with Crippen LogP contribution in [0.25, 0.3) is 0 Å². The van der Waals surface area contributed by atoms with Crippen molar-refractivity contribution in [2.45, 2.75) is 38.1 Å². The van der Waals surface area contributed by atoms with Crippen LogP contribution in [0.1, 0.15) is 37.0 Å². The topological polar surface area (TPSA) is 68.5 Å². The zero-order valence-corrected chi connectivity index (χ0v) is 14.2. The molecule has 0 saturated carbocycles. The minimum absolute atomic E-state index is 0.0439. The van der Waals surface area contributed by atoms with Gasteiger partial charge in [0.15, 0.2) is 5.82 Å². The van der Waals surface area contributed by atoms with Crippen LogP contribution < -0.4 is 0 Å². The molecule has 1 amide bonds. The maximum atomic E-state index is 12.3. The molecule has 2 aromatic rings. The first kappa shape index (κ1) is 16.6. The molecular formula is C18H23N3O3. The van der Waals surface area contributed by atoms with Crippen molar-refractivity contribution in [1.29, 1.82) is 0 Å². The van der Waals surface area contributed by atoms with Crippen molar-refractivity contribution in [1.82, 2.24) is 15.0 Å². The lowest BCUT2D eigenvalue weighted by Crippen LogP contribution is -2.47. The summed E-state index contributed by atoms with van der Waals surface area (Å²) < 4.78 is 10.2. The summed E-state index contributed by atoms with van der Waals surface area (Å²) in [5, 5.41) is 3.98. The Morgan fingerprint density at radius 3 is 2.88 bits per heavy atom. The number of carbonyl (C=O) groups is 1. The zero-order valence-electron chi connectivity index (χ0n) is 14.2. The maximum Gasteiger partial charge on any atom is 0.229 e. The van der Waals surface area contributed by atoms with Crippen LogP contribution in [-0.4, -0.2) is 41.2 Å². The Balaban J connectivity index is 1.70. The minimum atomic E-state index is -0.0439. The molecule has 0 bridgehead atoms. The lowest BCUT2D eigenvalue weighted by Gasteiger charge is -2.40. The second-order valence-electron chi connectivity index (χ2n) is 6.52. The Labute approximate surface area is 141 Å². The molecule has 128 valence electrons. The van der Waals surface area contributed by atoms with Gasteiger partial charge in [0.05, 0.1) is 19.6 Å². The van der Waals surface area contributed by atoms with Gasteiger partial charge in [-0.2, -0.15) is 4.98 Å². The third kappa shape index (κ3) is 3.64. The van der Waals surface area contributed by atoms with Gasteiger partial charge >= 0.3 is 0 Å². The molecule has 1 fully saturated rings. The Morgan fingerprint density at radius 2 is 2.12 bits per heavy atom. The van der Waals surface area contributed by atoms with E-state index < -0.39 is 0 Å². The Kier molecular flexibility index (Phi) is 4.94. The summed E-state index contributed by atoms with van der Waals surface area (Å²) in [5.41, 5.74) is 1.22. The highest BCUT2D eigenvalue weighted by Gasteiger charge is 2.36. The molecule has 3 rings (SSSR count). The van der Waals surface area contributed by atoms with Gasteiger partial charge in [0.25, 0.3) is 0 Å². The highest BCUT2D eigenvalue weighted by Crippen LogP contribution is 2.34. The molecule has 0 N–H and O–H groups in total. The van der Waals surface area contributed by atoms with Crippen LogP contribution >= 0.6 is 0 Å². The summed E-state index contributed by atoms with van der Waals surface area (Å²) in [4.78, 5) is 18.5. The average Bonchev–Trinajstić information content (AvgIpc) is 3.05. The van der Waals surface area contributed by atoms with Gasteiger partial charge in [-0.25, -0.2) is 0 Å². The monoisotopic (exact) mass is 329 g/mol. The van der Waals surface area contributed by atoms with E-state index in [0.717, 1.165) is 6.42 Å². The Hall–Kier alpha value is -2.21. The fourth-order valence-corrected chi connectivity index (χ4v) is 3.17. The van der Waals surface area contributed by atoms with Crippen LogP contribution in [0.4, 0.5) is 0 Å². The van der Waals surface area contributed by atoms with E-state index >= 15 is 0 Å². The summed E-state index contributed by atoms with van der Waals surface area (Å²) in [6.07, 6.45) is 1.98. The average molecular weight is 329 g/mol. The van der Waals surface area contributed by atoms with E-state index in [-0.39, 0.29) is 11.3 Å². The number of benzene rings is 1. The summed E-state index contributed by atoms with van der Waals surface area (Å²) in [7, 11) is 1.63. The molecule has 6 heteroatoms. The quantitative estimate of drug-likeness (QED) is 0.813. The molecule has 0 spiro atoms. The maximum absolute atomic E-state index is 12.3. The number of likely N-dealkylation sites (tertiary alicyclic amines) is 1. The van der Waals surface area contributed by atoms with Gasteiger partial charge in [0.1, 0.15) is 0 Å². The first-order valence-electron chi connectivity index (χ1n) is 8.24. The van der Waals surface area contributed by atoms with Gasteiger partial charge in [0.2, 0.25) is 11.8 Å². The van der Waals surface area contributed by atoms with Gasteiger partial charge in [-0.3, -0.25) is 4.79 Å². The van der Waals surface area contributed by atoms with Crippen LogP contribution in [0.15, 0.2) is 34.9 Å². The molecule has 1 aromatic carbocycles. The standard InChI is InChI=1S/C18H23N3O3/c1-18(14-6-4-3-5-7-14)10-8-17(22)21(13-18)12-15-19-16(24-20-15)9-11-23-2/h3-7H,8-13H2,1-2H3/t18-/m0/s1. The molecule has 6 nitrogen and oxygen atoms in total. The fraction of sp³-hybridized carbons (Fsp3) is 0.500. The van der Waals surface area contributed by atoms with Crippen LogP contribution in [0.2, 0.25) is 0 Å². The zero-order chi connectivity index (χ0) is 17.0. The number of nitrogens with zero attached hydrogens (tertiary/aromatic N) is 3. The second-order valence-corrected chi connectivity index (χ2v) is 6.52. The summed E-state index contributed by atoms with van der Waals surface area (Å²) >= 11 is 0. The van der Waals surface area contributed by atoms with Crippen molar-refractivity contribution < 1.29 is 14.1 Å². The lowest BCUT2D eigenvalue weighted by atomic mass is 9.76. The summed E-state index contributed by atoms with van der Waals surface area (Å²) in [6, 6.07) is 10.4. The number of aromatic nitrogens is 2. The van der Waals surface area contributed by atoms with E-state index in [4.69, 9.17) is 9.26 Å². The third-order valence-corrected chi connectivity index (χ3v) is 4.62. The fourth-order valence-electron chi connectivity index (χ4n) is 3.17. The van der Waals surface area contributed by atoms with Crippen molar-refractivity contribution in [2.24, 2.45) is 0 Å². The van der Waals surface area contributed by atoms with Crippen molar-refractivity contribution in [3.05, 3.63) is 47.6 Å². The number of carbonyl (C=O) groups excluding carboxylic acids is 1. The largest absolute Gasteiger partial charge is 0.384 e. The highest BCUT2D eigenvalue weighted by atomic mass is 16.5. The third-order valence-electron chi connectivity index (χ3n) is 4.62. The van der Waals surface area contributed by atoms with Gasteiger partial charge in [0, 0.05) is 25.5 Å². The molecule has 1 saturated heterocycles. The molecule has 0 aliphatic carbocycles. The van der Waals surface area contributed by atoms with Gasteiger partial charge in [-0.05, 0) is 12.0 Å². The van der Waals surface area contributed by atoms with Crippen LogP contribution in [0.5, 0.6) is 0 Å². The van der Waals surface area contributed by atoms with Gasteiger partial charge < -0.3 is 14.2 Å². The SMILES string of the molecule is COCCc1nc(CN2C[C@@](C)(c3ccccc3)CCC2=O)no1. The number of piperidine rings is 1. The van der Waals surface area contributed by atoms with Gasteiger partial charge in [-0.15, -0.1) is 0 Å². The normalized spacial score (nSPS) is 21.2. The van der Waals surface area contributed by atoms with E-state index in [1.807, 2.05) is 23.1 Å². The molecule has 0 radical (unpaired) electrons. The van der Waals surface area contributed by atoms with Crippen molar-refractivity contribution in [3.63, 3.8) is 0 Å². The molecule has 1 aliphatic heterocycles. The highest BCUT2D eigenvalue weighted by molar-refractivity contribution is 5.77. The van der Waals surface area contributed by atoms with E-state index in [1.165, 1.54) is 5.56 Å². The predicted molar refractivity (Wildman–Crippen MR) is 88.3 cm³/mol. The van der Waals surface area contributed by atoms with E-state index in [2.05, 4.69) is 29.2 Å². The molecule has 24 heavy (non-hydrogen) atoms. The van der Waals surface area contributed by atoms with Crippen molar-refractivity contribution in [2.75, 3.05) is 20.3 Å². The van der Waals surface area contributed by atoms with E-state index in [1.54, 1.807) is 7.11 Å². The van der Waals surface area contributed by atoms with Crippen LogP contribution in [0.3, 0.4) is 0 Å². The van der Waals surface area contributed by atoms with Crippen molar-refractivity contribution >= 4 is 5.91 Å².